The van der Waals surface area contributed by atoms with Gasteiger partial charge in [-0.15, -0.1) is 0 Å². The number of benzene rings is 1. The average molecular weight is 344 g/mol. The van der Waals surface area contributed by atoms with Crippen molar-refractivity contribution in [1.82, 2.24) is 4.31 Å². The van der Waals surface area contributed by atoms with E-state index in [4.69, 9.17) is 16.7 Å². The standard InChI is InChI=1S/C11H9ClF3NO4S/c12-6-2-1-3-8(9(6)13)21(19,20)16-5-11(14,15)4-7(16)10(17)18/h1-3,7H,4-5H2,(H,17,18)/t7-/m1/s1. The summed E-state index contributed by atoms with van der Waals surface area (Å²) >= 11 is 5.46. The summed E-state index contributed by atoms with van der Waals surface area (Å²) in [7, 11) is -4.74. The second-order valence-electron chi connectivity index (χ2n) is 4.52. The highest BCUT2D eigenvalue weighted by atomic mass is 35.5. The average Bonchev–Trinajstić information content (AvgIpc) is 2.69. The van der Waals surface area contributed by atoms with Gasteiger partial charge in [0, 0.05) is 6.42 Å². The van der Waals surface area contributed by atoms with E-state index in [0.717, 1.165) is 18.2 Å². The summed E-state index contributed by atoms with van der Waals surface area (Å²) < 4.78 is 65.1. The molecule has 21 heavy (non-hydrogen) atoms. The first-order valence-electron chi connectivity index (χ1n) is 5.63. The van der Waals surface area contributed by atoms with Crippen LogP contribution in [0.2, 0.25) is 5.02 Å². The number of sulfonamides is 1. The molecule has 0 bridgehead atoms. The van der Waals surface area contributed by atoms with E-state index in [1.165, 1.54) is 0 Å². The van der Waals surface area contributed by atoms with Gasteiger partial charge in [0.25, 0.3) is 5.92 Å². The number of hydrogen-bond acceptors (Lipinski definition) is 3. The number of hydrogen-bond donors (Lipinski definition) is 1. The molecule has 1 aliphatic heterocycles. The van der Waals surface area contributed by atoms with Gasteiger partial charge in [0.1, 0.15) is 10.9 Å². The van der Waals surface area contributed by atoms with Crippen molar-refractivity contribution in [3.05, 3.63) is 29.0 Å². The van der Waals surface area contributed by atoms with Crippen LogP contribution in [0.1, 0.15) is 6.42 Å². The predicted octanol–water partition coefficient (Wildman–Crippen LogP) is 1.96. The Hall–Kier alpha value is -1.32. The number of carboxylic acids is 1. The Morgan fingerprint density at radius 3 is 2.62 bits per heavy atom. The van der Waals surface area contributed by atoms with Crippen molar-refractivity contribution in [1.29, 1.82) is 0 Å². The molecule has 116 valence electrons. The first-order chi connectivity index (χ1) is 9.56. The van der Waals surface area contributed by atoms with Gasteiger partial charge in [-0.3, -0.25) is 4.79 Å². The van der Waals surface area contributed by atoms with Crippen LogP contribution in [0.3, 0.4) is 0 Å². The minimum absolute atomic E-state index is 0.0874. The summed E-state index contributed by atoms with van der Waals surface area (Å²) in [5.74, 6) is -6.53. The van der Waals surface area contributed by atoms with Crippen molar-refractivity contribution < 1.29 is 31.5 Å². The van der Waals surface area contributed by atoms with Gasteiger partial charge < -0.3 is 5.11 Å². The molecule has 2 rings (SSSR count). The molecule has 0 spiro atoms. The highest BCUT2D eigenvalue weighted by molar-refractivity contribution is 7.89. The van der Waals surface area contributed by atoms with Crippen molar-refractivity contribution in [3.8, 4) is 0 Å². The van der Waals surface area contributed by atoms with Gasteiger partial charge in [-0.1, -0.05) is 17.7 Å². The lowest BCUT2D eigenvalue weighted by molar-refractivity contribution is -0.141. The molecule has 1 fully saturated rings. The first kappa shape index (κ1) is 16.1. The highest BCUT2D eigenvalue weighted by Crippen LogP contribution is 2.37. The van der Waals surface area contributed by atoms with Crippen molar-refractivity contribution in [2.45, 2.75) is 23.3 Å². The van der Waals surface area contributed by atoms with Crippen LogP contribution in [0.15, 0.2) is 23.1 Å². The van der Waals surface area contributed by atoms with E-state index in [1.807, 2.05) is 0 Å². The van der Waals surface area contributed by atoms with Crippen LogP contribution < -0.4 is 0 Å². The maximum atomic E-state index is 13.8. The normalized spacial score (nSPS) is 22.4. The predicted molar refractivity (Wildman–Crippen MR) is 66.3 cm³/mol. The zero-order valence-electron chi connectivity index (χ0n) is 10.3. The lowest BCUT2D eigenvalue weighted by Gasteiger charge is -2.20. The Labute approximate surface area is 123 Å². The third kappa shape index (κ3) is 2.85. The van der Waals surface area contributed by atoms with Gasteiger partial charge in [0.15, 0.2) is 5.82 Å². The summed E-state index contributed by atoms with van der Waals surface area (Å²) in [6.45, 7) is -1.32. The van der Waals surface area contributed by atoms with Gasteiger partial charge in [-0.2, -0.15) is 4.31 Å². The third-order valence-electron chi connectivity index (χ3n) is 3.01. The highest BCUT2D eigenvalue weighted by Gasteiger charge is 2.53. The molecule has 1 saturated heterocycles. The van der Waals surface area contributed by atoms with Crippen LogP contribution in [0, 0.1) is 5.82 Å². The molecule has 0 aliphatic carbocycles. The lowest BCUT2D eigenvalue weighted by Crippen LogP contribution is -2.41. The maximum absolute atomic E-state index is 13.8. The molecule has 10 heteroatoms. The molecule has 0 aromatic heterocycles. The van der Waals surface area contributed by atoms with Gasteiger partial charge in [-0.05, 0) is 12.1 Å². The summed E-state index contributed by atoms with van der Waals surface area (Å²) in [4.78, 5) is 10.0. The van der Waals surface area contributed by atoms with Crippen molar-refractivity contribution >= 4 is 27.6 Å². The van der Waals surface area contributed by atoms with Crippen molar-refractivity contribution in [2.24, 2.45) is 0 Å². The molecular weight excluding hydrogens is 335 g/mol. The Morgan fingerprint density at radius 2 is 2.05 bits per heavy atom. The Morgan fingerprint density at radius 1 is 1.43 bits per heavy atom. The minimum atomic E-state index is -4.74. The molecule has 5 nitrogen and oxygen atoms in total. The maximum Gasteiger partial charge on any atom is 0.322 e. The van der Waals surface area contributed by atoms with Gasteiger partial charge >= 0.3 is 5.97 Å². The van der Waals surface area contributed by atoms with Crippen molar-refractivity contribution in [3.63, 3.8) is 0 Å². The Kier molecular flexibility index (Phi) is 3.94. The van der Waals surface area contributed by atoms with Crippen LogP contribution in [0.25, 0.3) is 0 Å². The van der Waals surface area contributed by atoms with Crippen LogP contribution in [-0.2, 0) is 14.8 Å². The summed E-state index contributed by atoms with van der Waals surface area (Å²) in [5, 5.41) is 8.39. The van der Waals surface area contributed by atoms with E-state index in [0.29, 0.717) is 0 Å². The second-order valence-corrected chi connectivity index (χ2v) is 6.78. The van der Waals surface area contributed by atoms with Crippen LogP contribution >= 0.6 is 11.6 Å². The summed E-state index contributed by atoms with van der Waals surface area (Å²) in [6.07, 6.45) is -1.16. The fourth-order valence-electron chi connectivity index (χ4n) is 2.06. The van der Waals surface area contributed by atoms with E-state index in [-0.39, 0.29) is 4.31 Å². The number of rotatable bonds is 3. The molecule has 1 aliphatic rings. The van der Waals surface area contributed by atoms with Crippen LogP contribution in [0.5, 0.6) is 0 Å². The fraction of sp³-hybridized carbons (Fsp3) is 0.364. The third-order valence-corrected chi connectivity index (χ3v) is 5.18. The van der Waals surface area contributed by atoms with Gasteiger partial charge in [0.2, 0.25) is 10.0 Å². The quantitative estimate of drug-likeness (QED) is 0.910. The molecular formula is C11H9ClF3NO4S. The number of halogens is 4. The molecule has 1 atom stereocenters. The van der Waals surface area contributed by atoms with E-state index in [9.17, 15) is 26.4 Å². The van der Waals surface area contributed by atoms with Crippen LogP contribution in [-0.4, -0.2) is 42.3 Å². The molecule has 1 aromatic rings. The fourth-order valence-corrected chi connectivity index (χ4v) is 3.99. The van der Waals surface area contributed by atoms with E-state index >= 15 is 0 Å². The topological polar surface area (TPSA) is 74.7 Å². The van der Waals surface area contributed by atoms with E-state index < -0.39 is 56.7 Å². The largest absolute Gasteiger partial charge is 0.480 e. The summed E-state index contributed by atoms with van der Waals surface area (Å²) in [5.41, 5.74) is 0. The first-order valence-corrected chi connectivity index (χ1v) is 7.44. The number of alkyl halides is 2. The Balaban J connectivity index is 2.53. The SMILES string of the molecule is O=C(O)[C@H]1CC(F)(F)CN1S(=O)(=O)c1cccc(Cl)c1F. The zero-order valence-corrected chi connectivity index (χ0v) is 11.8. The van der Waals surface area contributed by atoms with Crippen molar-refractivity contribution in [2.75, 3.05) is 6.54 Å². The van der Waals surface area contributed by atoms with Gasteiger partial charge in [-0.25, -0.2) is 21.6 Å². The Bertz CT molecular complexity index is 695. The molecule has 0 saturated carbocycles. The molecule has 0 unspecified atom stereocenters. The molecule has 1 N–H and O–H groups in total. The molecule has 1 heterocycles. The zero-order chi connectivity index (χ0) is 16.0. The van der Waals surface area contributed by atoms with Gasteiger partial charge in [0.05, 0.1) is 11.6 Å². The molecule has 1 aromatic carbocycles. The minimum Gasteiger partial charge on any atom is -0.480 e. The number of nitrogens with zero attached hydrogens (tertiary/aromatic N) is 1. The van der Waals surface area contributed by atoms with E-state index in [2.05, 4.69) is 0 Å². The molecule has 0 amide bonds. The second kappa shape index (κ2) is 5.15. The number of aliphatic carboxylic acids is 1. The van der Waals surface area contributed by atoms with Crippen LogP contribution in [0.4, 0.5) is 13.2 Å². The number of carbonyl (C=O) groups is 1. The number of carboxylic acid groups (broad SMARTS) is 1. The smallest absolute Gasteiger partial charge is 0.322 e. The monoisotopic (exact) mass is 343 g/mol. The summed E-state index contributed by atoms with van der Waals surface area (Å²) in [6, 6.07) is 1.10. The lowest BCUT2D eigenvalue weighted by atomic mass is 10.2. The van der Waals surface area contributed by atoms with E-state index in [1.54, 1.807) is 0 Å². The molecule has 0 radical (unpaired) electrons.